The topological polar surface area (TPSA) is 30.5 Å². The van der Waals surface area contributed by atoms with E-state index in [0.717, 1.165) is 21.5 Å². The molecule has 7 heteroatoms. The summed E-state index contributed by atoms with van der Waals surface area (Å²) in [6, 6.07) is 11.3. The third-order valence-electron chi connectivity index (χ3n) is 3.21. The van der Waals surface area contributed by atoms with Gasteiger partial charge in [0.1, 0.15) is 12.4 Å². The number of hydrogen-bond acceptors (Lipinski definition) is 3. The summed E-state index contributed by atoms with van der Waals surface area (Å²) in [5.74, 6) is 0.492. The molecule has 1 aliphatic rings. The Morgan fingerprint density at radius 2 is 1.65 bits per heavy atom. The average molecular weight is 434 g/mol. The van der Waals surface area contributed by atoms with Gasteiger partial charge in [-0.15, -0.1) is 13.2 Å². The molecule has 0 aliphatic carbocycles. The van der Waals surface area contributed by atoms with Gasteiger partial charge in [0.05, 0.1) is 16.2 Å². The van der Waals surface area contributed by atoms with Crippen LogP contribution < -0.4 is 14.8 Å². The molecule has 2 aromatic rings. The van der Waals surface area contributed by atoms with Gasteiger partial charge in [0.2, 0.25) is 0 Å². The first-order valence-electron chi connectivity index (χ1n) is 8.46. The molecule has 2 aromatic carbocycles. The number of benzene rings is 2. The van der Waals surface area contributed by atoms with E-state index in [1.807, 2.05) is 45.9 Å². The smallest absolute Gasteiger partial charge is 0.488 e. The summed E-state index contributed by atoms with van der Waals surface area (Å²) in [7, 11) is 0. The third-order valence-corrected chi connectivity index (χ3v) is 3.83. The molecule has 3 rings (SSSR count). The van der Waals surface area contributed by atoms with Gasteiger partial charge in [0.25, 0.3) is 0 Å². The molecule has 0 amide bonds. The summed E-state index contributed by atoms with van der Waals surface area (Å²) >= 11 is 3.41. The molecule has 0 spiro atoms. The second-order valence-corrected chi connectivity index (χ2v) is 5.60. The summed E-state index contributed by atoms with van der Waals surface area (Å²) < 4.78 is 46.8. The van der Waals surface area contributed by atoms with Crippen LogP contribution in [-0.2, 0) is 0 Å². The zero-order chi connectivity index (χ0) is 19.7. The maximum absolute atomic E-state index is 12.1. The molecular formula is C19H23BrF3NO2. The van der Waals surface area contributed by atoms with E-state index in [-0.39, 0.29) is 11.8 Å². The molecule has 3 nitrogen and oxygen atoms in total. The average Bonchev–Trinajstić information content (AvgIpc) is 2.64. The molecule has 0 saturated heterocycles. The summed E-state index contributed by atoms with van der Waals surface area (Å²) in [4.78, 5) is 0. The Morgan fingerprint density at radius 3 is 2.23 bits per heavy atom. The van der Waals surface area contributed by atoms with Gasteiger partial charge < -0.3 is 14.8 Å². The Morgan fingerprint density at radius 1 is 1.04 bits per heavy atom. The van der Waals surface area contributed by atoms with E-state index in [9.17, 15) is 13.2 Å². The first-order chi connectivity index (χ1) is 12.4. The Hall–Kier alpha value is -1.89. The van der Waals surface area contributed by atoms with E-state index >= 15 is 0 Å². The highest BCUT2D eigenvalue weighted by atomic mass is 79.9. The zero-order valence-electron chi connectivity index (χ0n) is 15.2. The fourth-order valence-electron chi connectivity index (χ4n) is 2.25. The van der Waals surface area contributed by atoms with Gasteiger partial charge in [-0.1, -0.05) is 45.9 Å². The molecule has 0 fully saturated rings. The van der Waals surface area contributed by atoms with E-state index in [0.29, 0.717) is 6.61 Å². The highest BCUT2D eigenvalue weighted by Crippen LogP contribution is 2.39. The molecule has 1 N–H and O–H groups in total. The number of nitrogens with one attached hydrogen (secondary N) is 1. The van der Waals surface area contributed by atoms with Crippen molar-refractivity contribution in [2.24, 2.45) is 0 Å². The molecule has 1 unspecified atom stereocenters. The molecule has 144 valence electrons. The highest BCUT2D eigenvalue weighted by molar-refractivity contribution is 9.10. The van der Waals surface area contributed by atoms with Gasteiger partial charge in [-0.25, -0.2) is 0 Å². The largest absolute Gasteiger partial charge is 0.573 e. The Labute approximate surface area is 160 Å². The third kappa shape index (κ3) is 6.12. The predicted octanol–water partition coefficient (Wildman–Crippen LogP) is 6.95. The standard InChI is InChI=1S/C15H11BrF3NO2.2C2H6/c16-11-2-1-3-12-14(11)21-8-13(20-12)9-4-6-10(7-5-9)22-15(17,18)19;2*1-2/h1-7,13,20H,8H2;2*1-2H3. The Bertz CT molecular complexity index is 675. The fraction of sp³-hybridized carbons (Fsp3) is 0.368. The highest BCUT2D eigenvalue weighted by Gasteiger charge is 2.31. The lowest BCUT2D eigenvalue weighted by Gasteiger charge is -2.28. The lowest BCUT2D eigenvalue weighted by atomic mass is 10.1. The Balaban J connectivity index is 0.000000791. The van der Waals surface area contributed by atoms with Crippen LogP contribution in [-0.4, -0.2) is 13.0 Å². The van der Waals surface area contributed by atoms with Crippen LogP contribution in [0.2, 0.25) is 0 Å². The van der Waals surface area contributed by atoms with Crippen LogP contribution in [0, 0.1) is 0 Å². The quantitative estimate of drug-likeness (QED) is 0.555. The van der Waals surface area contributed by atoms with Crippen LogP contribution in [0.3, 0.4) is 0 Å². The zero-order valence-corrected chi connectivity index (χ0v) is 16.7. The number of fused-ring (bicyclic) bond motifs is 1. The minimum absolute atomic E-state index is 0.137. The lowest BCUT2D eigenvalue weighted by molar-refractivity contribution is -0.274. The molecule has 0 aromatic heterocycles. The number of ether oxygens (including phenoxy) is 2. The van der Waals surface area contributed by atoms with Crippen LogP contribution in [0.1, 0.15) is 39.3 Å². The van der Waals surface area contributed by atoms with Gasteiger partial charge in [-0.3, -0.25) is 0 Å². The number of hydrogen-bond donors (Lipinski definition) is 1. The maximum Gasteiger partial charge on any atom is 0.573 e. The van der Waals surface area contributed by atoms with Crippen molar-refractivity contribution in [3.8, 4) is 11.5 Å². The number of rotatable bonds is 2. The van der Waals surface area contributed by atoms with Crippen molar-refractivity contribution in [2.45, 2.75) is 40.1 Å². The molecule has 0 saturated carbocycles. The van der Waals surface area contributed by atoms with Crippen LogP contribution in [0.5, 0.6) is 11.5 Å². The minimum atomic E-state index is -4.68. The van der Waals surface area contributed by atoms with Crippen molar-refractivity contribution in [3.05, 3.63) is 52.5 Å². The summed E-state index contributed by atoms with van der Waals surface area (Å²) in [6.45, 7) is 8.38. The van der Waals surface area contributed by atoms with Gasteiger partial charge in [-0.05, 0) is 45.8 Å². The number of anilines is 1. The van der Waals surface area contributed by atoms with E-state index in [2.05, 4.69) is 26.0 Å². The summed E-state index contributed by atoms with van der Waals surface area (Å²) in [6.07, 6.45) is -4.68. The first kappa shape index (κ1) is 22.2. The number of alkyl halides is 3. The van der Waals surface area contributed by atoms with E-state index in [1.165, 1.54) is 12.1 Å². The molecular weight excluding hydrogens is 411 g/mol. The SMILES string of the molecule is CC.CC.FC(F)(F)Oc1ccc(C2COc3c(Br)cccc3N2)cc1. The normalized spacial score (nSPS) is 15.0. The second-order valence-electron chi connectivity index (χ2n) is 4.74. The number of para-hydroxylation sites is 1. The van der Waals surface area contributed by atoms with Crippen molar-refractivity contribution in [1.29, 1.82) is 0 Å². The van der Waals surface area contributed by atoms with Crippen molar-refractivity contribution in [3.63, 3.8) is 0 Å². The van der Waals surface area contributed by atoms with Gasteiger partial charge in [0.15, 0.2) is 5.75 Å². The molecule has 1 atom stereocenters. The van der Waals surface area contributed by atoms with Crippen molar-refractivity contribution < 1.29 is 22.6 Å². The monoisotopic (exact) mass is 433 g/mol. The van der Waals surface area contributed by atoms with E-state index < -0.39 is 6.36 Å². The van der Waals surface area contributed by atoms with E-state index in [4.69, 9.17) is 4.74 Å². The molecule has 0 radical (unpaired) electrons. The summed E-state index contributed by atoms with van der Waals surface area (Å²) in [5.41, 5.74) is 1.65. The second kappa shape index (κ2) is 10.3. The van der Waals surface area contributed by atoms with Crippen LogP contribution in [0.25, 0.3) is 0 Å². The van der Waals surface area contributed by atoms with Crippen molar-refractivity contribution in [2.75, 3.05) is 11.9 Å². The number of halogens is 4. The van der Waals surface area contributed by atoms with Gasteiger partial charge in [0, 0.05) is 0 Å². The predicted molar refractivity (Wildman–Crippen MR) is 102 cm³/mol. The molecule has 1 aliphatic heterocycles. The summed E-state index contributed by atoms with van der Waals surface area (Å²) in [5, 5.41) is 3.30. The van der Waals surface area contributed by atoms with Gasteiger partial charge in [-0.2, -0.15) is 0 Å². The maximum atomic E-state index is 12.1. The molecule has 26 heavy (non-hydrogen) atoms. The molecule has 1 heterocycles. The minimum Gasteiger partial charge on any atom is -0.488 e. The first-order valence-corrected chi connectivity index (χ1v) is 9.25. The van der Waals surface area contributed by atoms with Crippen LogP contribution >= 0.6 is 15.9 Å². The lowest BCUT2D eigenvalue weighted by Crippen LogP contribution is -2.24. The van der Waals surface area contributed by atoms with E-state index in [1.54, 1.807) is 12.1 Å². The fourth-order valence-corrected chi connectivity index (χ4v) is 2.73. The molecule has 0 bridgehead atoms. The van der Waals surface area contributed by atoms with Crippen LogP contribution in [0.4, 0.5) is 18.9 Å². The van der Waals surface area contributed by atoms with Gasteiger partial charge >= 0.3 is 6.36 Å². The van der Waals surface area contributed by atoms with Crippen LogP contribution in [0.15, 0.2) is 46.9 Å². The Kier molecular flexibility index (Phi) is 8.78. The van der Waals surface area contributed by atoms with Crippen molar-refractivity contribution in [1.82, 2.24) is 0 Å². The van der Waals surface area contributed by atoms with Crippen molar-refractivity contribution >= 4 is 21.6 Å².